The molecule has 3 aromatic heterocycles. The molecular formula is C21H21N5O4S. The van der Waals surface area contributed by atoms with E-state index >= 15 is 0 Å². The van der Waals surface area contributed by atoms with Crippen molar-refractivity contribution in [3.63, 3.8) is 0 Å². The highest BCUT2D eigenvalue weighted by Gasteiger charge is 2.18. The first kappa shape index (κ1) is 21.9. The largest absolute Gasteiger partial charge is 0.449 e. The average Bonchev–Trinajstić information content (AvgIpc) is 3.24. The minimum absolute atomic E-state index is 0.00393. The monoisotopic (exact) mass is 439 g/mol. The Hall–Kier alpha value is -3.79. The minimum atomic E-state index is -3.75. The van der Waals surface area contributed by atoms with E-state index in [-0.39, 0.29) is 34.0 Å². The third kappa shape index (κ3) is 4.86. The summed E-state index contributed by atoms with van der Waals surface area (Å²) in [5.41, 5.74) is 6.64. The number of furan rings is 1. The highest BCUT2D eigenvalue weighted by atomic mass is 32.2. The van der Waals surface area contributed by atoms with Gasteiger partial charge in [0.2, 0.25) is 15.8 Å². The van der Waals surface area contributed by atoms with Gasteiger partial charge in [-0.1, -0.05) is 26.0 Å². The van der Waals surface area contributed by atoms with Crippen molar-refractivity contribution in [3.8, 4) is 0 Å². The number of hydrogen-bond acceptors (Lipinski definition) is 8. The maximum atomic E-state index is 12.6. The molecule has 3 N–H and O–H groups in total. The van der Waals surface area contributed by atoms with Crippen LogP contribution in [0.4, 0.5) is 5.95 Å². The summed E-state index contributed by atoms with van der Waals surface area (Å²) in [6, 6.07) is 9.54. The first-order valence-corrected chi connectivity index (χ1v) is 10.9. The van der Waals surface area contributed by atoms with Crippen LogP contribution in [0.1, 0.15) is 30.0 Å². The Morgan fingerprint density at radius 1 is 1.03 bits per heavy atom. The molecule has 3 heterocycles. The van der Waals surface area contributed by atoms with Crippen LogP contribution in [0.3, 0.4) is 0 Å². The lowest BCUT2D eigenvalue weighted by Gasteiger charge is -2.07. The Morgan fingerprint density at radius 2 is 1.71 bits per heavy atom. The van der Waals surface area contributed by atoms with Gasteiger partial charge in [0.1, 0.15) is 4.90 Å². The van der Waals surface area contributed by atoms with Crippen molar-refractivity contribution >= 4 is 32.7 Å². The minimum Gasteiger partial charge on any atom is -0.449 e. The van der Waals surface area contributed by atoms with Crippen molar-refractivity contribution < 1.29 is 17.6 Å². The van der Waals surface area contributed by atoms with E-state index in [9.17, 15) is 13.2 Å². The van der Waals surface area contributed by atoms with Gasteiger partial charge >= 0.3 is 0 Å². The van der Waals surface area contributed by atoms with Crippen LogP contribution in [-0.4, -0.2) is 29.3 Å². The lowest BCUT2D eigenvalue weighted by Crippen LogP contribution is -2.22. The predicted molar refractivity (Wildman–Crippen MR) is 115 cm³/mol. The maximum Gasteiger partial charge on any atom is 0.287 e. The fraction of sp³-hybridized carbons (Fsp3) is 0.143. The van der Waals surface area contributed by atoms with Crippen molar-refractivity contribution in [2.45, 2.75) is 30.2 Å². The molecular weight excluding hydrogens is 418 g/mol. The highest BCUT2D eigenvalue weighted by Crippen LogP contribution is 2.21. The molecule has 160 valence electrons. The maximum absolute atomic E-state index is 12.6. The number of carbonyl (C=O) groups is 1. The molecule has 31 heavy (non-hydrogen) atoms. The second-order valence-electron chi connectivity index (χ2n) is 6.13. The number of nitrogens with two attached hydrogens (primary N) is 1. The Labute approximate surface area is 179 Å². The van der Waals surface area contributed by atoms with Gasteiger partial charge in [0.25, 0.3) is 5.91 Å². The number of sulfone groups is 1. The number of pyridine rings is 1. The van der Waals surface area contributed by atoms with Crippen LogP contribution in [0.25, 0.3) is 11.0 Å². The van der Waals surface area contributed by atoms with Crippen LogP contribution in [0.5, 0.6) is 0 Å². The molecule has 0 unspecified atom stereocenters. The number of nitrogen functional groups attached to an aromatic ring is 1. The molecule has 4 aromatic rings. The van der Waals surface area contributed by atoms with Gasteiger partial charge in [0.15, 0.2) is 11.3 Å². The first-order valence-electron chi connectivity index (χ1n) is 9.47. The van der Waals surface area contributed by atoms with E-state index in [1.165, 1.54) is 18.3 Å². The molecule has 0 spiro atoms. The summed E-state index contributed by atoms with van der Waals surface area (Å²) in [7, 11) is -3.75. The van der Waals surface area contributed by atoms with Crippen molar-refractivity contribution in [2.24, 2.45) is 0 Å². The standard InChI is InChI=1S/C19H15N5O4S.C2H6/c20-19-23-9-15(10-24-19)29(26,27)14-3-1-12(2-4-14)8-22-18(25)16-7-13-5-6-21-11-17(13)28-16;1-2/h1-7,9-11H,8H2,(H,22,25)(H2,20,23,24);1-2H3. The number of anilines is 1. The van der Waals surface area contributed by atoms with Gasteiger partial charge in [-0.2, -0.15) is 0 Å². The molecule has 0 aliphatic heterocycles. The van der Waals surface area contributed by atoms with E-state index in [1.807, 2.05) is 13.8 Å². The lowest BCUT2D eigenvalue weighted by molar-refractivity contribution is 0.0925. The normalized spacial score (nSPS) is 10.9. The van der Waals surface area contributed by atoms with E-state index in [4.69, 9.17) is 10.2 Å². The molecule has 0 saturated carbocycles. The van der Waals surface area contributed by atoms with E-state index < -0.39 is 9.84 Å². The molecule has 1 aromatic carbocycles. The summed E-state index contributed by atoms with van der Waals surface area (Å²) >= 11 is 0. The molecule has 0 bridgehead atoms. The summed E-state index contributed by atoms with van der Waals surface area (Å²) in [5, 5.41) is 3.52. The molecule has 0 saturated heterocycles. The third-order valence-electron chi connectivity index (χ3n) is 4.19. The molecule has 0 radical (unpaired) electrons. The Bertz CT molecular complexity index is 1250. The predicted octanol–water partition coefficient (Wildman–Crippen LogP) is 2.99. The van der Waals surface area contributed by atoms with Crippen molar-refractivity contribution in [2.75, 3.05) is 5.73 Å². The number of nitrogens with zero attached hydrogens (tertiary/aromatic N) is 3. The van der Waals surface area contributed by atoms with E-state index in [0.717, 1.165) is 23.3 Å². The van der Waals surface area contributed by atoms with Crippen LogP contribution in [0, 0.1) is 0 Å². The molecule has 9 nitrogen and oxygen atoms in total. The van der Waals surface area contributed by atoms with Gasteiger partial charge in [-0.25, -0.2) is 18.4 Å². The van der Waals surface area contributed by atoms with Crippen molar-refractivity contribution in [3.05, 3.63) is 72.5 Å². The number of rotatable bonds is 5. The molecule has 1 amide bonds. The number of fused-ring (bicyclic) bond motifs is 1. The van der Waals surface area contributed by atoms with Gasteiger partial charge in [0, 0.05) is 18.1 Å². The SMILES string of the molecule is CC.Nc1ncc(S(=O)(=O)c2ccc(CNC(=O)c3cc4ccncc4o3)cc2)cn1. The lowest BCUT2D eigenvalue weighted by atomic mass is 10.2. The number of amides is 1. The second-order valence-corrected chi connectivity index (χ2v) is 8.08. The summed E-state index contributed by atoms with van der Waals surface area (Å²) in [5.74, 6) is -0.205. The summed E-state index contributed by atoms with van der Waals surface area (Å²) in [6.07, 6.45) is 5.48. The fourth-order valence-corrected chi connectivity index (χ4v) is 3.80. The van der Waals surface area contributed by atoms with E-state index in [1.54, 1.807) is 30.5 Å². The van der Waals surface area contributed by atoms with Crippen molar-refractivity contribution in [1.82, 2.24) is 20.3 Å². The summed E-state index contributed by atoms with van der Waals surface area (Å²) in [6.45, 7) is 4.21. The smallest absolute Gasteiger partial charge is 0.287 e. The van der Waals surface area contributed by atoms with Crippen LogP contribution < -0.4 is 11.1 Å². The first-order chi connectivity index (χ1) is 14.9. The number of nitrogens with one attached hydrogen (secondary N) is 1. The molecule has 0 aliphatic carbocycles. The number of benzene rings is 1. The number of hydrogen-bond donors (Lipinski definition) is 2. The zero-order chi connectivity index (χ0) is 22.4. The topological polar surface area (TPSA) is 141 Å². The van der Waals surface area contributed by atoms with Crippen molar-refractivity contribution in [1.29, 1.82) is 0 Å². The quantitative estimate of drug-likeness (QED) is 0.483. The fourth-order valence-electron chi connectivity index (χ4n) is 2.65. The number of carbonyl (C=O) groups excluding carboxylic acids is 1. The summed E-state index contributed by atoms with van der Waals surface area (Å²) < 4.78 is 30.6. The average molecular weight is 439 g/mol. The molecule has 0 fully saturated rings. The highest BCUT2D eigenvalue weighted by molar-refractivity contribution is 7.91. The Balaban J connectivity index is 0.00000132. The third-order valence-corrected chi connectivity index (χ3v) is 5.92. The zero-order valence-corrected chi connectivity index (χ0v) is 17.8. The van der Waals surface area contributed by atoms with Crippen LogP contribution >= 0.6 is 0 Å². The van der Waals surface area contributed by atoms with Crippen LogP contribution in [0.15, 0.2) is 75.4 Å². The van der Waals surface area contributed by atoms with Gasteiger partial charge < -0.3 is 15.5 Å². The second kappa shape index (κ2) is 9.35. The van der Waals surface area contributed by atoms with Gasteiger partial charge in [-0.3, -0.25) is 9.78 Å². The van der Waals surface area contributed by atoms with Gasteiger partial charge in [-0.05, 0) is 29.8 Å². The van der Waals surface area contributed by atoms with E-state index in [2.05, 4.69) is 20.3 Å². The van der Waals surface area contributed by atoms with Crippen LogP contribution in [-0.2, 0) is 16.4 Å². The van der Waals surface area contributed by atoms with Gasteiger partial charge in [0.05, 0.1) is 23.5 Å². The van der Waals surface area contributed by atoms with E-state index in [0.29, 0.717) is 5.58 Å². The number of aromatic nitrogens is 3. The molecule has 0 atom stereocenters. The zero-order valence-electron chi connectivity index (χ0n) is 16.9. The van der Waals surface area contributed by atoms with Gasteiger partial charge in [-0.15, -0.1) is 0 Å². The Kier molecular flexibility index (Phi) is 6.61. The van der Waals surface area contributed by atoms with Crippen LogP contribution in [0.2, 0.25) is 0 Å². The molecule has 0 aliphatic rings. The molecule has 4 rings (SSSR count). The summed E-state index contributed by atoms with van der Waals surface area (Å²) in [4.78, 5) is 23.7. The molecule has 10 heteroatoms. The Morgan fingerprint density at radius 3 is 2.35 bits per heavy atom.